The summed E-state index contributed by atoms with van der Waals surface area (Å²) >= 11 is 0. The van der Waals surface area contributed by atoms with Crippen LogP contribution >= 0.6 is 0 Å². The molecule has 114 valence electrons. The summed E-state index contributed by atoms with van der Waals surface area (Å²) in [6.45, 7) is 0.579. The molecule has 1 aromatic carbocycles. The summed E-state index contributed by atoms with van der Waals surface area (Å²) in [4.78, 5) is 14.3. The van der Waals surface area contributed by atoms with Crippen LogP contribution in [0.25, 0.3) is 0 Å². The van der Waals surface area contributed by atoms with Gasteiger partial charge in [-0.25, -0.2) is 0 Å². The van der Waals surface area contributed by atoms with Gasteiger partial charge >= 0.3 is 0 Å². The Morgan fingerprint density at radius 3 is 3.14 bits per heavy atom. The van der Waals surface area contributed by atoms with E-state index in [0.29, 0.717) is 12.2 Å². The third-order valence-electron chi connectivity index (χ3n) is 4.55. The smallest absolute Gasteiger partial charge is 0.274 e. The van der Waals surface area contributed by atoms with Gasteiger partial charge in [0.15, 0.2) is 5.69 Å². The van der Waals surface area contributed by atoms with Crippen LogP contribution in [-0.4, -0.2) is 40.7 Å². The van der Waals surface area contributed by atoms with Crippen molar-refractivity contribution in [1.29, 1.82) is 0 Å². The second-order valence-corrected chi connectivity index (χ2v) is 6.12. The number of ether oxygens (including phenoxy) is 1. The van der Waals surface area contributed by atoms with Gasteiger partial charge in [0.2, 0.25) is 0 Å². The Morgan fingerprint density at radius 2 is 2.27 bits per heavy atom. The number of fused-ring (bicyclic) bond motifs is 2. The van der Waals surface area contributed by atoms with Crippen molar-refractivity contribution in [2.45, 2.75) is 31.8 Å². The highest BCUT2D eigenvalue weighted by Crippen LogP contribution is 2.29. The molecular weight excluding hydrogens is 278 g/mol. The van der Waals surface area contributed by atoms with Gasteiger partial charge in [0, 0.05) is 24.7 Å². The Kier molecular flexibility index (Phi) is 3.13. The summed E-state index contributed by atoms with van der Waals surface area (Å²) in [6, 6.07) is 8.06. The summed E-state index contributed by atoms with van der Waals surface area (Å²) in [5.74, 6) is 0.924. The maximum absolute atomic E-state index is 12.6. The first-order chi connectivity index (χ1) is 10.7. The molecule has 1 N–H and O–H groups in total. The molecule has 5 nitrogen and oxygen atoms in total. The molecule has 2 heterocycles. The van der Waals surface area contributed by atoms with E-state index in [1.807, 2.05) is 25.2 Å². The molecule has 0 saturated heterocycles. The van der Waals surface area contributed by atoms with Gasteiger partial charge in [0.25, 0.3) is 5.91 Å². The van der Waals surface area contributed by atoms with E-state index in [-0.39, 0.29) is 12.0 Å². The number of aryl methyl sites for hydroxylation is 1. The number of carbonyl (C=O) groups is 1. The summed E-state index contributed by atoms with van der Waals surface area (Å²) in [7, 11) is 1.82. The van der Waals surface area contributed by atoms with E-state index < -0.39 is 0 Å². The molecule has 0 radical (unpaired) electrons. The lowest BCUT2D eigenvalue weighted by Gasteiger charge is -2.20. The first kappa shape index (κ1) is 13.4. The summed E-state index contributed by atoms with van der Waals surface area (Å²) < 4.78 is 5.92. The lowest BCUT2D eigenvalue weighted by atomic mass is 10.1. The van der Waals surface area contributed by atoms with Crippen molar-refractivity contribution >= 4 is 5.91 Å². The van der Waals surface area contributed by atoms with Crippen LogP contribution in [0.4, 0.5) is 0 Å². The number of H-pyrrole nitrogens is 1. The number of amides is 1. The second kappa shape index (κ2) is 5.16. The van der Waals surface area contributed by atoms with Crippen molar-refractivity contribution in [2.24, 2.45) is 0 Å². The van der Waals surface area contributed by atoms with Gasteiger partial charge in [-0.15, -0.1) is 0 Å². The van der Waals surface area contributed by atoms with Gasteiger partial charge in [-0.1, -0.05) is 18.2 Å². The number of hydrogen-bond acceptors (Lipinski definition) is 3. The number of para-hydroxylation sites is 1. The molecule has 1 aliphatic carbocycles. The van der Waals surface area contributed by atoms with E-state index in [0.717, 1.165) is 42.7 Å². The molecule has 4 rings (SSSR count). The van der Waals surface area contributed by atoms with E-state index in [1.165, 1.54) is 5.56 Å². The van der Waals surface area contributed by atoms with E-state index in [2.05, 4.69) is 16.3 Å². The molecule has 22 heavy (non-hydrogen) atoms. The van der Waals surface area contributed by atoms with Crippen LogP contribution in [0.15, 0.2) is 24.3 Å². The molecule has 1 amide bonds. The first-order valence-electron chi connectivity index (χ1n) is 7.78. The molecule has 0 fully saturated rings. The lowest BCUT2D eigenvalue weighted by Crippen LogP contribution is -2.36. The molecule has 0 bridgehead atoms. The normalized spacial score (nSPS) is 18.7. The second-order valence-electron chi connectivity index (χ2n) is 6.12. The van der Waals surface area contributed by atoms with Crippen molar-refractivity contribution < 1.29 is 9.53 Å². The Morgan fingerprint density at radius 1 is 1.41 bits per heavy atom. The molecule has 0 saturated carbocycles. The predicted octanol–water partition coefficient (Wildman–Crippen LogP) is 1.97. The van der Waals surface area contributed by atoms with E-state index in [4.69, 9.17) is 4.74 Å². The third kappa shape index (κ3) is 2.17. The van der Waals surface area contributed by atoms with Crippen LogP contribution in [0.5, 0.6) is 5.75 Å². The number of aromatic nitrogens is 2. The van der Waals surface area contributed by atoms with Gasteiger partial charge in [-0.3, -0.25) is 9.89 Å². The number of carbonyl (C=O) groups excluding carboxylic acids is 1. The van der Waals surface area contributed by atoms with Crippen molar-refractivity contribution in [3.8, 4) is 5.75 Å². The molecule has 5 heteroatoms. The average molecular weight is 297 g/mol. The minimum Gasteiger partial charge on any atom is -0.488 e. The summed E-state index contributed by atoms with van der Waals surface area (Å²) in [5.41, 5.74) is 4.04. The minimum absolute atomic E-state index is 0.0149. The highest BCUT2D eigenvalue weighted by atomic mass is 16.5. The quantitative estimate of drug-likeness (QED) is 0.942. The van der Waals surface area contributed by atoms with Crippen LogP contribution in [0.3, 0.4) is 0 Å². The predicted molar refractivity (Wildman–Crippen MR) is 82.1 cm³/mol. The molecule has 0 spiro atoms. The van der Waals surface area contributed by atoms with Gasteiger partial charge in [-0.05, 0) is 30.9 Å². The Hall–Kier alpha value is -2.30. The fourth-order valence-electron chi connectivity index (χ4n) is 3.42. The monoisotopic (exact) mass is 297 g/mol. The lowest BCUT2D eigenvalue weighted by molar-refractivity contribution is 0.0723. The highest BCUT2D eigenvalue weighted by molar-refractivity contribution is 5.94. The Balaban J connectivity index is 1.44. The maximum Gasteiger partial charge on any atom is 0.274 e. The van der Waals surface area contributed by atoms with Crippen molar-refractivity contribution in [3.63, 3.8) is 0 Å². The molecule has 2 aliphatic rings. The molecule has 2 aromatic rings. The molecule has 1 aromatic heterocycles. The fourth-order valence-corrected chi connectivity index (χ4v) is 3.42. The summed E-state index contributed by atoms with van der Waals surface area (Å²) in [6.07, 6.45) is 3.94. The number of nitrogens with one attached hydrogen (secondary N) is 1. The molecular formula is C17H19N3O2. The summed E-state index contributed by atoms with van der Waals surface area (Å²) in [5, 5.41) is 7.22. The van der Waals surface area contributed by atoms with Crippen LogP contribution in [0.1, 0.15) is 33.7 Å². The van der Waals surface area contributed by atoms with E-state index in [9.17, 15) is 4.79 Å². The molecule has 1 atom stereocenters. The van der Waals surface area contributed by atoms with Gasteiger partial charge in [0.1, 0.15) is 11.9 Å². The zero-order valence-electron chi connectivity index (χ0n) is 12.6. The first-order valence-corrected chi connectivity index (χ1v) is 7.78. The Bertz CT molecular complexity index is 697. The van der Waals surface area contributed by atoms with E-state index >= 15 is 0 Å². The Labute approximate surface area is 129 Å². The number of rotatable bonds is 3. The van der Waals surface area contributed by atoms with E-state index in [1.54, 1.807) is 4.90 Å². The van der Waals surface area contributed by atoms with Gasteiger partial charge in [0.05, 0.1) is 6.54 Å². The number of likely N-dealkylation sites (N-methyl/N-ethyl adjacent to an activating group) is 1. The topological polar surface area (TPSA) is 58.2 Å². The van der Waals surface area contributed by atoms with Crippen LogP contribution in [-0.2, 0) is 19.3 Å². The fraction of sp³-hybridized carbons (Fsp3) is 0.412. The highest BCUT2D eigenvalue weighted by Gasteiger charge is 2.29. The molecule has 1 aliphatic heterocycles. The van der Waals surface area contributed by atoms with Crippen molar-refractivity contribution in [3.05, 3.63) is 46.8 Å². The number of benzene rings is 1. The van der Waals surface area contributed by atoms with Crippen molar-refractivity contribution in [2.75, 3.05) is 13.6 Å². The zero-order valence-corrected chi connectivity index (χ0v) is 12.6. The molecule has 0 unspecified atom stereocenters. The standard InChI is InChI=1S/C17H19N3O2/c1-20(10-12-9-11-5-2-3-8-15(11)22-12)17(21)16-13-6-4-7-14(13)18-19-16/h2-3,5,8,12H,4,6-7,9-10H2,1H3,(H,18,19)/t12-/m1/s1. The van der Waals surface area contributed by atoms with Crippen molar-refractivity contribution in [1.82, 2.24) is 15.1 Å². The zero-order chi connectivity index (χ0) is 15.1. The number of hydrogen-bond donors (Lipinski definition) is 1. The van der Waals surface area contributed by atoms with Gasteiger partial charge in [-0.2, -0.15) is 5.10 Å². The third-order valence-corrected chi connectivity index (χ3v) is 4.55. The van der Waals surface area contributed by atoms with Crippen LogP contribution < -0.4 is 4.74 Å². The van der Waals surface area contributed by atoms with Crippen LogP contribution in [0, 0.1) is 0 Å². The average Bonchev–Trinajstić information content (AvgIpc) is 3.20. The SMILES string of the molecule is CN(C[C@H]1Cc2ccccc2O1)C(=O)c1n[nH]c2c1CCC2. The maximum atomic E-state index is 12.6. The van der Waals surface area contributed by atoms with Gasteiger partial charge < -0.3 is 9.64 Å². The number of nitrogens with zero attached hydrogens (tertiary/aromatic N) is 2. The van der Waals surface area contributed by atoms with Crippen LogP contribution in [0.2, 0.25) is 0 Å². The minimum atomic E-state index is -0.0149. The largest absolute Gasteiger partial charge is 0.488 e. The number of aromatic amines is 1.